The molecule has 0 spiro atoms. The molecular weight excluding hydrogens is 509 g/mol. The van der Waals surface area contributed by atoms with E-state index in [-0.39, 0.29) is 11.8 Å². The standard InChI is InChI=1S/C28H31F3N6O2/c1-18-2-4-23-21(16-18)25-22(33-27(34-25)36-12-14-39-15-13-36)8-11-37(23)26(38)19-6-9-35(10-7-19)24-5-3-20(17-32-24)28(29,30)31/h2-5,16-17,19H,6-15H2,1H3,(H,33,34). The quantitative estimate of drug-likeness (QED) is 0.530. The van der Waals surface area contributed by atoms with E-state index in [0.29, 0.717) is 57.9 Å². The number of halogens is 3. The molecule has 3 aromatic rings. The number of rotatable bonds is 3. The molecule has 11 heteroatoms. The van der Waals surface area contributed by atoms with Gasteiger partial charge in [-0.1, -0.05) is 11.6 Å². The number of hydrogen-bond acceptors (Lipinski definition) is 6. The van der Waals surface area contributed by atoms with Crippen molar-refractivity contribution in [2.75, 3.05) is 60.6 Å². The van der Waals surface area contributed by atoms with Gasteiger partial charge in [-0.15, -0.1) is 0 Å². The van der Waals surface area contributed by atoms with Gasteiger partial charge in [-0.25, -0.2) is 9.97 Å². The van der Waals surface area contributed by atoms with Crippen molar-refractivity contribution in [1.82, 2.24) is 15.0 Å². The predicted octanol–water partition coefficient (Wildman–Crippen LogP) is 4.44. The van der Waals surface area contributed by atoms with Crippen molar-refractivity contribution in [3.8, 4) is 11.3 Å². The summed E-state index contributed by atoms with van der Waals surface area (Å²) in [6.45, 7) is 6.64. The van der Waals surface area contributed by atoms with E-state index in [1.807, 2.05) is 28.9 Å². The fraction of sp³-hybridized carbons (Fsp3) is 0.464. The first-order valence-corrected chi connectivity index (χ1v) is 13.4. The Hall–Kier alpha value is -3.60. The lowest BCUT2D eigenvalue weighted by molar-refractivity contribution is -0.137. The number of nitrogens with one attached hydrogen (secondary N) is 1. The summed E-state index contributed by atoms with van der Waals surface area (Å²) in [6, 6.07) is 8.63. The zero-order valence-electron chi connectivity index (χ0n) is 21.8. The number of piperidine rings is 1. The van der Waals surface area contributed by atoms with Gasteiger partial charge >= 0.3 is 6.18 Å². The topological polar surface area (TPSA) is 77.6 Å². The Morgan fingerprint density at radius 3 is 2.49 bits per heavy atom. The molecule has 0 atom stereocenters. The molecule has 1 N–H and O–H groups in total. The summed E-state index contributed by atoms with van der Waals surface area (Å²) in [5.41, 5.74) is 4.13. The van der Waals surface area contributed by atoms with Crippen LogP contribution in [0, 0.1) is 12.8 Å². The molecule has 0 aliphatic carbocycles. The van der Waals surface area contributed by atoms with Crippen LogP contribution in [0.1, 0.15) is 29.7 Å². The number of anilines is 3. The average molecular weight is 541 g/mol. The number of aromatic nitrogens is 3. The Morgan fingerprint density at radius 2 is 1.79 bits per heavy atom. The van der Waals surface area contributed by atoms with E-state index >= 15 is 0 Å². The highest BCUT2D eigenvalue weighted by Crippen LogP contribution is 2.39. The summed E-state index contributed by atoms with van der Waals surface area (Å²) in [5, 5.41) is 0. The van der Waals surface area contributed by atoms with Gasteiger partial charge in [-0.05, 0) is 44.0 Å². The van der Waals surface area contributed by atoms with Crippen molar-refractivity contribution in [3.63, 3.8) is 0 Å². The van der Waals surface area contributed by atoms with Crippen molar-refractivity contribution in [2.24, 2.45) is 5.92 Å². The minimum absolute atomic E-state index is 0.0821. The smallest absolute Gasteiger partial charge is 0.378 e. The number of H-pyrrole nitrogens is 1. The molecule has 8 nitrogen and oxygen atoms in total. The number of aromatic amines is 1. The molecule has 0 unspecified atom stereocenters. The fourth-order valence-electron chi connectivity index (χ4n) is 5.69. The van der Waals surface area contributed by atoms with E-state index < -0.39 is 11.7 Å². The summed E-state index contributed by atoms with van der Waals surface area (Å²) < 4.78 is 44.2. The van der Waals surface area contributed by atoms with E-state index in [0.717, 1.165) is 59.5 Å². The number of fused-ring (bicyclic) bond motifs is 3. The highest BCUT2D eigenvalue weighted by atomic mass is 19.4. The van der Waals surface area contributed by atoms with Gasteiger partial charge < -0.3 is 24.4 Å². The molecule has 2 saturated heterocycles. The zero-order chi connectivity index (χ0) is 27.1. The van der Waals surface area contributed by atoms with E-state index in [2.05, 4.69) is 20.9 Å². The molecule has 39 heavy (non-hydrogen) atoms. The summed E-state index contributed by atoms with van der Waals surface area (Å²) in [6.07, 6.45) is -1.67. The van der Waals surface area contributed by atoms with E-state index in [1.54, 1.807) is 0 Å². The molecule has 0 bridgehead atoms. The van der Waals surface area contributed by atoms with Gasteiger partial charge in [0.1, 0.15) is 5.82 Å². The third kappa shape index (κ3) is 5.07. The number of imidazole rings is 1. The van der Waals surface area contributed by atoms with Gasteiger partial charge in [-0.3, -0.25) is 4.79 Å². The maximum Gasteiger partial charge on any atom is 0.417 e. The second-order valence-corrected chi connectivity index (χ2v) is 10.4. The Labute approximate surface area is 224 Å². The van der Waals surface area contributed by atoms with Crippen LogP contribution < -0.4 is 14.7 Å². The van der Waals surface area contributed by atoms with Crippen LogP contribution in [0.15, 0.2) is 36.5 Å². The van der Waals surface area contributed by atoms with Gasteiger partial charge in [0, 0.05) is 56.8 Å². The lowest BCUT2D eigenvalue weighted by Gasteiger charge is -2.35. The Morgan fingerprint density at radius 1 is 1.03 bits per heavy atom. The normalized spacial score (nSPS) is 18.5. The number of ether oxygens (including phenoxy) is 1. The summed E-state index contributed by atoms with van der Waals surface area (Å²) in [7, 11) is 0. The molecule has 0 radical (unpaired) electrons. The number of nitrogens with zero attached hydrogens (tertiary/aromatic N) is 5. The molecule has 6 rings (SSSR count). The number of benzene rings is 1. The number of hydrogen-bond donors (Lipinski definition) is 1. The van der Waals surface area contributed by atoms with Crippen LogP contribution >= 0.6 is 0 Å². The van der Waals surface area contributed by atoms with Crippen molar-refractivity contribution in [1.29, 1.82) is 0 Å². The molecule has 1 amide bonds. The maximum absolute atomic E-state index is 13.9. The van der Waals surface area contributed by atoms with Crippen LogP contribution in [-0.4, -0.2) is 66.8 Å². The van der Waals surface area contributed by atoms with Crippen LogP contribution in [0.2, 0.25) is 0 Å². The second kappa shape index (κ2) is 10.2. The second-order valence-electron chi connectivity index (χ2n) is 10.4. The number of amides is 1. The minimum atomic E-state index is -4.41. The molecule has 2 fully saturated rings. The first-order valence-electron chi connectivity index (χ1n) is 13.4. The molecule has 3 aliphatic rings. The lowest BCUT2D eigenvalue weighted by Crippen LogP contribution is -2.43. The van der Waals surface area contributed by atoms with Crippen molar-refractivity contribution < 1.29 is 22.7 Å². The summed E-state index contributed by atoms with van der Waals surface area (Å²) in [4.78, 5) is 32.4. The number of pyridine rings is 1. The van der Waals surface area contributed by atoms with Gasteiger partial charge in [0.25, 0.3) is 0 Å². The molecule has 1 aromatic carbocycles. The monoisotopic (exact) mass is 540 g/mol. The Kier molecular flexibility index (Phi) is 6.70. The SMILES string of the molecule is Cc1ccc2c(c1)-c1[nH]c(N3CCOCC3)nc1CCN2C(=O)C1CCN(c2ccc(C(F)(F)F)cn2)CC1. The fourth-order valence-corrected chi connectivity index (χ4v) is 5.69. The van der Waals surface area contributed by atoms with Crippen LogP contribution in [-0.2, 0) is 22.1 Å². The summed E-state index contributed by atoms with van der Waals surface area (Å²) >= 11 is 0. The average Bonchev–Trinajstić information content (AvgIpc) is 3.32. The van der Waals surface area contributed by atoms with Gasteiger partial charge in [0.2, 0.25) is 11.9 Å². The maximum atomic E-state index is 13.9. The van der Waals surface area contributed by atoms with Crippen LogP contribution in [0.25, 0.3) is 11.3 Å². The number of morpholine rings is 1. The molecule has 0 saturated carbocycles. The number of carbonyl (C=O) groups excluding carboxylic acids is 1. The minimum Gasteiger partial charge on any atom is -0.378 e. The van der Waals surface area contributed by atoms with E-state index in [9.17, 15) is 18.0 Å². The highest BCUT2D eigenvalue weighted by molar-refractivity contribution is 6.00. The van der Waals surface area contributed by atoms with E-state index in [1.165, 1.54) is 6.07 Å². The van der Waals surface area contributed by atoms with Crippen LogP contribution in [0.4, 0.5) is 30.6 Å². The zero-order valence-corrected chi connectivity index (χ0v) is 21.8. The number of carbonyl (C=O) groups is 1. The van der Waals surface area contributed by atoms with Gasteiger partial charge in [0.15, 0.2) is 0 Å². The summed E-state index contributed by atoms with van der Waals surface area (Å²) in [5.74, 6) is 1.27. The molecule has 3 aliphatic heterocycles. The van der Waals surface area contributed by atoms with Crippen molar-refractivity contribution >= 4 is 23.4 Å². The van der Waals surface area contributed by atoms with Crippen molar-refractivity contribution in [3.05, 3.63) is 53.3 Å². The first kappa shape index (κ1) is 25.7. The molecular formula is C28H31F3N6O2. The van der Waals surface area contributed by atoms with Gasteiger partial charge in [0.05, 0.1) is 35.9 Å². The molecule has 5 heterocycles. The first-order chi connectivity index (χ1) is 18.8. The predicted molar refractivity (Wildman–Crippen MR) is 142 cm³/mol. The Balaban J connectivity index is 1.19. The van der Waals surface area contributed by atoms with Gasteiger partial charge in [-0.2, -0.15) is 13.2 Å². The largest absolute Gasteiger partial charge is 0.417 e. The van der Waals surface area contributed by atoms with Crippen LogP contribution in [0.5, 0.6) is 0 Å². The molecule has 2 aromatic heterocycles. The molecule has 206 valence electrons. The van der Waals surface area contributed by atoms with Crippen LogP contribution in [0.3, 0.4) is 0 Å². The lowest BCUT2D eigenvalue weighted by atomic mass is 9.94. The third-order valence-corrected chi connectivity index (χ3v) is 7.87. The van der Waals surface area contributed by atoms with Crippen molar-refractivity contribution in [2.45, 2.75) is 32.4 Å². The number of aryl methyl sites for hydroxylation is 1. The highest BCUT2D eigenvalue weighted by Gasteiger charge is 2.34. The van der Waals surface area contributed by atoms with E-state index in [4.69, 9.17) is 9.72 Å². The third-order valence-electron chi connectivity index (χ3n) is 7.87. The number of alkyl halides is 3. The Bertz CT molecular complexity index is 1340.